The summed E-state index contributed by atoms with van der Waals surface area (Å²) in [5.41, 5.74) is 0. The van der Waals surface area contributed by atoms with Gasteiger partial charge in [-0.3, -0.25) is 4.79 Å². The summed E-state index contributed by atoms with van der Waals surface area (Å²) in [4.78, 5) is 14.2. The maximum absolute atomic E-state index is 11.9. The number of ether oxygens (including phenoxy) is 1. The Morgan fingerprint density at radius 3 is 2.37 bits per heavy atom. The first-order chi connectivity index (χ1) is 8.92. The minimum Gasteiger partial charge on any atom is -0.465 e. The van der Waals surface area contributed by atoms with Crippen LogP contribution in [0.4, 0.5) is 0 Å². The average Bonchev–Trinajstić information content (AvgIpc) is 2.33. The van der Waals surface area contributed by atoms with Crippen LogP contribution in [0.5, 0.6) is 0 Å². The Labute approximate surface area is 118 Å². The van der Waals surface area contributed by atoms with Gasteiger partial charge in [0, 0.05) is 12.6 Å². The molecular formula is C15H32N2O2. The molecule has 0 saturated carbocycles. The summed E-state index contributed by atoms with van der Waals surface area (Å²) in [6, 6.07) is 0.250. The summed E-state index contributed by atoms with van der Waals surface area (Å²) in [6.07, 6.45) is 2.15. The molecule has 114 valence electrons. The van der Waals surface area contributed by atoms with Crippen molar-refractivity contribution in [2.24, 2.45) is 5.92 Å². The van der Waals surface area contributed by atoms with E-state index in [9.17, 15) is 4.79 Å². The molecule has 0 rings (SSSR count). The van der Waals surface area contributed by atoms with Gasteiger partial charge in [-0.1, -0.05) is 20.8 Å². The predicted octanol–water partition coefficient (Wildman–Crippen LogP) is 2.28. The lowest BCUT2D eigenvalue weighted by Crippen LogP contribution is -2.48. The monoisotopic (exact) mass is 272 g/mol. The second kappa shape index (κ2) is 10.2. The molecule has 0 aliphatic rings. The van der Waals surface area contributed by atoms with Crippen molar-refractivity contribution in [2.45, 2.75) is 59.5 Å². The van der Waals surface area contributed by atoms with Crippen molar-refractivity contribution in [3.63, 3.8) is 0 Å². The van der Waals surface area contributed by atoms with E-state index >= 15 is 0 Å². The van der Waals surface area contributed by atoms with Gasteiger partial charge < -0.3 is 15.0 Å². The van der Waals surface area contributed by atoms with Crippen molar-refractivity contribution in [1.82, 2.24) is 10.2 Å². The number of carbonyl (C=O) groups excluding carboxylic acids is 1. The van der Waals surface area contributed by atoms with Crippen LogP contribution < -0.4 is 5.32 Å². The van der Waals surface area contributed by atoms with Crippen LogP contribution in [0.2, 0.25) is 0 Å². The summed E-state index contributed by atoms with van der Waals surface area (Å²) in [7, 11) is 2.08. The topological polar surface area (TPSA) is 41.6 Å². The summed E-state index contributed by atoms with van der Waals surface area (Å²) in [5, 5.41) is 3.28. The van der Waals surface area contributed by atoms with E-state index in [4.69, 9.17) is 4.74 Å². The Bertz CT molecular complexity index is 244. The van der Waals surface area contributed by atoms with E-state index in [-0.39, 0.29) is 12.0 Å². The number of nitrogens with zero attached hydrogens (tertiary/aromatic N) is 1. The molecule has 1 N–H and O–H groups in total. The third-order valence-corrected chi connectivity index (χ3v) is 3.25. The fourth-order valence-corrected chi connectivity index (χ4v) is 2.11. The molecule has 4 nitrogen and oxygen atoms in total. The minimum absolute atomic E-state index is 0.139. The van der Waals surface area contributed by atoms with Gasteiger partial charge in [-0.2, -0.15) is 0 Å². The van der Waals surface area contributed by atoms with Crippen molar-refractivity contribution in [2.75, 3.05) is 26.7 Å². The van der Waals surface area contributed by atoms with E-state index in [1.54, 1.807) is 0 Å². The molecule has 0 radical (unpaired) electrons. The summed E-state index contributed by atoms with van der Waals surface area (Å²) < 4.78 is 5.13. The van der Waals surface area contributed by atoms with Crippen LogP contribution in [-0.2, 0) is 9.53 Å². The van der Waals surface area contributed by atoms with Crippen molar-refractivity contribution in [3.8, 4) is 0 Å². The molecule has 0 saturated heterocycles. The number of esters is 1. The Morgan fingerprint density at radius 2 is 1.89 bits per heavy atom. The standard InChI is InChI=1S/C15H32N2O2/c1-7-9-16-14(15(18)19-8-2)11-17(6)13(5)10-12(3)4/h12-14,16H,7-11H2,1-6H3. The van der Waals surface area contributed by atoms with Crippen LogP contribution >= 0.6 is 0 Å². The highest BCUT2D eigenvalue weighted by Crippen LogP contribution is 2.10. The molecule has 0 aromatic carbocycles. The molecule has 0 aliphatic heterocycles. The van der Waals surface area contributed by atoms with Gasteiger partial charge in [0.1, 0.15) is 6.04 Å². The minimum atomic E-state index is -0.223. The first kappa shape index (κ1) is 18.4. The quantitative estimate of drug-likeness (QED) is 0.620. The third kappa shape index (κ3) is 8.22. The van der Waals surface area contributed by atoms with Crippen molar-refractivity contribution in [3.05, 3.63) is 0 Å². The van der Waals surface area contributed by atoms with Gasteiger partial charge in [-0.05, 0) is 46.2 Å². The Morgan fingerprint density at radius 1 is 1.26 bits per heavy atom. The van der Waals surface area contributed by atoms with E-state index in [0.717, 1.165) is 19.4 Å². The van der Waals surface area contributed by atoms with Crippen molar-refractivity contribution >= 4 is 5.97 Å². The fraction of sp³-hybridized carbons (Fsp3) is 0.933. The zero-order chi connectivity index (χ0) is 14.8. The zero-order valence-corrected chi connectivity index (χ0v) is 13.5. The van der Waals surface area contributed by atoms with Crippen molar-refractivity contribution < 1.29 is 9.53 Å². The molecule has 0 aromatic rings. The van der Waals surface area contributed by atoms with Gasteiger partial charge in [-0.25, -0.2) is 0 Å². The molecule has 19 heavy (non-hydrogen) atoms. The van der Waals surface area contributed by atoms with E-state index in [1.165, 1.54) is 0 Å². The van der Waals surface area contributed by atoms with Crippen LogP contribution in [0.1, 0.15) is 47.5 Å². The smallest absolute Gasteiger partial charge is 0.324 e. The average molecular weight is 272 g/mol. The lowest BCUT2D eigenvalue weighted by atomic mass is 10.0. The number of nitrogens with one attached hydrogen (secondary N) is 1. The highest BCUT2D eigenvalue weighted by Gasteiger charge is 2.23. The molecule has 2 atom stereocenters. The lowest BCUT2D eigenvalue weighted by Gasteiger charge is -2.29. The van der Waals surface area contributed by atoms with Gasteiger partial charge in [0.2, 0.25) is 0 Å². The van der Waals surface area contributed by atoms with Crippen LogP contribution in [0.15, 0.2) is 0 Å². The van der Waals surface area contributed by atoms with E-state index < -0.39 is 0 Å². The van der Waals surface area contributed by atoms with Crippen LogP contribution in [-0.4, -0.2) is 49.7 Å². The number of hydrogen-bond donors (Lipinski definition) is 1. The maximum Gasteiger partial charge on any atom is 0.324 e. The lowest BCUT2D eigenvalue weighted by molar-refractivity contribution is -0.146. The first-order valence-electron chi connectivity index (χ1n) is 7.52. The van der Waals surface area contributed by atoms with E-state index in [0.29, 0.717) is 25.1 Å². The maximum atomic E-state index is 11.9. The zero-order valence-electron chi connectivity index (χ0n) is 13.5. The van der Waals surface area contributed by atoms with Crippen molar-refractivity contribution in [1.29, 1.82) is 0 Å². The fourth-order valence-electron chi connectivity index (χ4n) is 2.11. The van der Waals surface area contributed by atoms with Gasteiger partial charge in [0.05, 0.1) is 6.61 Å². The second-order valence-corrected chi connectivity index (χ2v) is 5.68. The Kier molecular flexibility index (Phi) is 9.88. The summed E-state index contributed by atoms with van der Waals surface area (Å²) in [6.45, 7) is 12.6. The number of carbonyl (C=O) groups is 1. The van der Waals surface area contributed by atoms with Gasteiger partial charge in [0.15, 0.2) is 0 Å². The Hall–Kier alpha value is -0.610. The molecule has 0 spiro atoms. The molecular weight excluding hydrogens is 240 g/mol. The van der Waals surface area contributed by atoms with Crippen LogP contribution in [0.25, 0.3) is 0 Å². The second-order valence-electron chi connectivity index (χ2n) is 5.68. The van der Waals surface area contributed by atoms with Gasteiger partial charge >= 0.3 is 5.97 Å². The molecule has 2 unspecified atom stereocenters. The number of rotatable bonds is 10. The molecule has 0 heterocycles. The largest absolute Gasteiger partial charge is 0.465 e. The molecule has 0 aliphatic carbocycles. The number of hydrogen-bond acceptors (Lipinski definition) is 4. The van der Waals surface area contributed by atoms with Gasteiger partial charge in [0.25, 0.3) is 0 Å². The number of likely N-dealkylation sites (N-methyl/N-ethyl adjacent to an activating group) is 1. The first-order valence-corrected chi connectivity index (χ1v) is 7.52. The SMILES string of the molecule is CCCNC(CN(C)C(C)CC(C)C)C(=O)OCC. The summed E-state index contributed by atoms with van der Waals surface area (Å²) in [5.74, 6) is 0.529. The Balaban J connectivity index is 4.39. The molecule has 4 heteroatoms. The normalized spacial score (nSPS) is 14.7. The molecule has 0 bridgehead atoms. The molecule has 0 fully saturated rings. The van der Waals surface area contributed by atoms with Crippen LogP contribution in [0, 0.1) is 5.92 Å². The van der Waals surface area contributed by atoms with E-state index in [2.05, 4.69) is 45.0 Å². The van der Waals surface area contributed by atoms with Gasteiger partial charge in [-0.15, -0.1) is 0 Å². The van der Waals surface area contributed by atoms with E-state index in [1.807, 2.05) is 6.92 Å². The highest BCUT2D eigenvalue weighted by atomic mass is 16.5. The predicted molar refractivity (Wildman–Crippen MR) is 80.3 cm³/mol. The molecule has 0 amide bonds. The third-order valence-electron chi connectivity index (χ3n) is 3.25. The summed E-state index contributed by atoms with van der Waals surface area (Å²) >= 11 is 0. The van der Waals surface area contributed by atoms with Crippen LogP contribution in [0.3, 0.4) is 0 Å². The highest BCUT2D eigenvalue weighted by molar-refractivity contribution is 5.76. The molecule has 0 aromatic heterocycles.